The van der Waals surface area contributed by atoms with Crippen LogP contribution in [0.1, 0.15) is 44.0 Å². The molecule has 2 amide bonds. The van der Waals surface area contributed by atoms with Crippen LogP contribution < -0.4 is 0 Å². The predicted octanol–water partition coefficient (Wildman–Crippen LogP) is 3.72. The van der Waals surface area contributed by atoms with Crippen molar-refractivity contribution in [3.05, 3.63) is 35.2 Å². The van der Waals surface area contributed by atoms with Crippen LogP contribution in [0.4, 0.5) is 4.79 Å². The third-order valence-corrected chi connectivity index (χ3v) is 4.11. The predicted molar refractivity (Wildman–Crippen MR) is 90.7 cm³/mol. The van der Waals surface area contributed by atoms with Gasteiger partial charge in [-0.15, -0.1) is 0 Å². The van der Waals surface area contributed by atoms with Gasteiger partial charge in [0.05, 0.1) is 5.69 Å². The van der Waals surface area contributed by atoms with Gasteiger partial charge < -0.3 is 9.80 Å². The fourth-order valence-corrected chi connectivity index (χ4v) is 2.72. The Hall–Kier alpha value is -1.84. The molecule has 1 aromatic heterocycles. The van der Waals surface area contributed by atoms with E-state index in [1.165, 1.54) is 5.57 Å². The number of aryl methyl sites for hydroxylation is 1. The highest BCUT2D eigenvalue weighted by atomic mass is 16.2. The van der Waals surface area contributed by atoms with E-state index < -0.39 is 0 Å². The van der Waals surface area contributed by atoms with Crippen LogP contribution in [0.15, 0.2) is 23.8 Å². The number of carbonyl (C=O) groups is 1. The van der Waals surface area contributed by atoms with E-state index in [0.717, 1.165) is 56.7 Å². The molecule has 0 saturated carbocycles. The number of carbonyl (C=O) groups excluding carboxylic acids is 1. The summed E-state index contributed by atoms with van der Waals surface area (Å²) in [6, 6.07) is 6.25. The molecule has 0 aliphatic carbocycles. The van der Waals surface area contributed by atoms with Crippen molar-refractivity contribution >= 4 is 12.1 Å². The third kappa shape index (κ3) is 4.58. The lowest BCUT2D eigenvalue weighted by atomic mass is 10.0. The molecule has 0 unspecified atom stereocenters. The van der Waals surface area contributed by atoms with Gasteiger partial charge in [0.1, 0.15) is 0 Å². The Kier molecular flexibility index (Phi) is 5.99. The lowest BCUT2D eigenvalue weighted by Crippen LogP contribution is -2.44. The highest BCUT2D eigenvalue weighted by Crippen LogP contribution is 2.19. The summed E-state index contributed by atoms with van der Waals surface area (Å²) in [6.07, 6.45) is 6.26. The van der Waals surface area contributed by atoms with Crippen LogP contribution in [0, 0.1) is 6.92 Å². The molecular formula is C18H27N3O. The number of nitrogens with zero attached hydrogens (tertiary/aromatic N) is 3. The Morgan fingerprint density at radius 2 is 2.09 bits per heavy atom. The van der Waals surface area contributed by atoms with Gasteiger partial charge in [-0.3, -0.25) is 4.98 Å². The number of urea groups is 1. The summed E-state index contributed by atoms with van der Waals surface area (Å²) in [7, 11) is 1.90. The van der Waals surface area contributed by atoms with Crippen LogP contribution in [0.3, 0.4) is 0 Å². The van der Waals surface area contributed by atoms with E-state index >= 15 is 0 Å². The highest BCUT2D eigenvalue weighted by molar-refractivity contribution is 5.74. The number of amides is 2. The van der Waals surface area contributed by atoms with Crippen molar-refractivity contribution in [3.63, 3.8) is 0 Å². The van der Waals surface area contributed by atoms with E-state index in [2.05, 4.69) is 18.0 Å². The van der Waals surface area contributed by atoms with Crippen molar-refractivity contribution in [3.8, 4) is 0 Å². The standard InChI is InChI=1S/C18H27N3O/c1-4-5-11-20(3)18(22)21-12-9-16(10-13-21)14-17-8-6-7-15(2)19-17/h6-8,14H,4-5,9-13H2,1-3H3. The first-order chi connectivity index (χ1) is 10.6. The van der Waals surface area contributed by atoms with Crippen LogP contribution >= 0.6 is 0 Å². The van der Waals surface area contributed by atoms with Crippen molar-refractivity contribution in [2.45, 2.75) is 39.5 Å². The second-order valence-corrected chi connectivity index (χ2v) is 6.05. The molecule has 1 aliphatic rings. The van der Waals surface area contributed by atoms with Crippen LogP contribution in [-0.2, 0) is 0 Å². The van der Waals surface area contributed by atoms with Crippen LogP contribution in [0.5, 0.6) is 0 Å². The number of piperidine rings is 1. The fraction of sp³-hybridized carbons (Fsp3) is 0.556. The average Bonchev–Trinajstić information content (AvgIpc) is 2.52. The normalized spacial score (nSPS) is 14.9. The summed E-state index contributed by atoms with van der Waals surface area (Å²) in [5.41, 5.74) is 3.45. The molecule has 0 atom stereocenters. The molecule has 2 rings (SSSR count). The largest absolute Gasteiger partial charge is 0.328 e. The van der Waals surface area contributed by atoms with Gasteiger partial charge >= 0.3 is 6.03 Å². The summed E-state index contributed by atoms with van der Waals surface area (Å²) in [5.74, 6) is 0. The van der Waals surface area contributed by atoms with Crippen molar-refractivity contribution in [1.82, 2.24) is 14.8 Å². The maximum Gasteiger partial charge on any atom is 0.319 e. The number of hydrogen-bond donors (Lipinski definition) is 0. The molecule has 0 aromatic carbocycles. The first-order valence-electron chi connectivity index (χ1n) is 8.23. The Balaban J connectivity index is 1.88. The molecule has 4 heteroatoms. The van der Waals surface area contributed by atoms with E-state index in [1.807, 2.05) is 42.0 Å². The molecule has 0 spiro atoms. The summed E-state index contributed by atoms with van der Waals surface area (Å²) >= 11 is 0. The zero-order valence-corrected chi connectivity index (χ0v) is 14.0. The topological polar surface area (TPSA) is 36.4 Å². The minimum Gasteiger partial charge on any atom is -0.328 e. The number of hydrogen-bond acceptors (Lipinski definition) is 2. The first kappa shape index (κ1) is 16.5. The van der Waals surface area contributed by atoms with E-state index in [0.29, 0.717) is 0 Å². The monoisotopic (exact) mass is 301 g/mol. The number of likely N-dealkylation sites (tertiary alicyclic amines) is 1. The fourth-order valence-electron chi connectivity index (χ4n) is 2.72. The van der Waals surface area contributed by atoms with Crippen molar-refractivity contribution in [2.75, 3.05) is 26.7 Å². The number of unbranched alkanes of at least 4 members (excludes halogenated alkanes) is 1. The number of aromatic nitrogens is 1. The maximum absolute atomic E-state index is 12.3. The van der Waals surface area contributed by atoms with Gasteiger partial charge in [0.25, 0.3) is 0 Å². The molecule has 0 radical (unpaired) electrons. The molecule has 2 heterocycles. The molecule has 1 aromatic rings. The third-order valence-electron chi connectivity index (χ3n) is 4.11. The van der Waals surface area contributed by atoms with E-state index in [4.69, 9.17) is 0 Å². The molecule has 1 saturated heterocycles. The van der Waals surface area contributed by atoms with Crippen molar-refractivity contribution in [1.29, 1.82) is 0 Å². The molecule has 0 N–H and O–H groups in total. The Labute approximate surface area is 133 Å². The van der Waals surface area contributed by atoms with E-state index in [1.54, 1.807) is 0 Å². The van der Waals surface area contributed by atoms with E-state index in [9.17, 15) is 4.79 Å². The van der Waals surface area contributed by atoms with Gasteiger partial charge in [-0.25, -0.2) is 4.79 Å². The maximum atomic E-state index is 12.3. The summed E-state index contributed by atoms with van der Waals surface area (Å²) in [5, 5.41) is 0. The quantitative estimate of drug-likeness (QED) is 0.850. The lowest BCUT2D eigenvalue weighted by molar-refractivity contribution is 0.158. The van der Waals surface area contributed by atoms with Crippen LogP contribution in [-0.4, -0.2) is 47.5 Å². The minimum absolute atomic E-state index is 0.168. The van der Waals surface area contributed by atoms with Gasteiger partial charge in [-0.1, -0.05) is 25.0 Å². The molecule has 1 aliphatic heterocycles. The molecular weight excluding hydrogens is 274 g/mol. The van der Waals surface area contributed by atoms with Gasteiger partial charge in [-0.2, -0.15) is 0 Å². The summed E-state index contributed by atoms with van der Waals surface area (Å²) in [4.78, 5) is 20.7. The Bertz CT molecular complexity index is 529. The van der Waals surface area contributed by atoms with Gasteiger partial charge in [-0.05, 0) is 44.4 Å². The van der Waals surface area contributed by atoms with Crippen molar-refractivity contribution in [2.24, 2.45) is 0 Å². The van der Waals surface area contributed by atoms with E-state index in [-0.39, 0.29) is 6.03 Å². The molecule has 4 nitrogen and oxygen atoms in total. The molecule has 1 fully saturated rings. The average molecular weight is 301 g/mol. The van der Waals surface area contributed by atoms with Crippen LogP contribution in [0.25, 0.3) is 6.08 Å². The highest BCUT2D eigenvalue weighted by Gasteiger charge is 2.21. The lowest BCUT2D eigenvalue weighted by Gasteiger charge is -2.32. The smallest absolute Gasteiger partial charge is 0.319 e. The SMILES string of the molecule is CCCCN(C)C(=O)N1CCC(=Cc2cccc(C)n2)CC1. The molecule has 22 heavy (non-hydrogen) atoms. The summed E-state index contributed by atoms with van der Waals surface area (Å²) < 4.78 is 0. The van der Waals surface area contributed by atoms with Gasteiger partial charge in [0.15, 0.2) is 0 Å². The number of rotatable bonds is 4. The zero-order valence-electron chi connectivity index (χ0n) is 14.0. The second kappa shape index (κ2) is 7.97. The Morgan fingerprint density at radius 3 is 2.73 bits per heavy atom. The van der Waals surface area contributed by atoms with Crippen LogP contribution in [0.2, 0.25) is 0 Å². The second-order valence-electron chi connectivity index (χ2n) is 6.05. The first-order valence-corrected chi connectivity index (χ1v) is 8.23. The number of pyridine rings is 1. The van der Waals surface area contributed by atoms with Gasteiger partial charge in [0, 0.05) is 32.4 Å². The van der Waals surface area contributed by atoms with Gasteiger partial charge in [0.2, 0.25) is 0 Å². The van der Waals surface area contributed by atoms with Crippen molar-refractivity contribution < 1.29 is 4.79 Å². The zero-order chi connectivity index (χ0) is 15.9. The molecule has 120 valence electrons. The summed E-state index contributed by atoms with van der Waals surface area (Å²) in [6.45, 7) is 6.63. The Morgan fingerprint density at radius 1 is 1.36 bits per heavy atom. The minimum atomic E-state index is 0.168. The molecule has 0 bridgehead atoms.